The third-order valence-electron chi connectivity index (χ3n) is 3.18. The molecule has 0 aliphatic rings. The average molecular weight is 374 g/mol. The van der Waals surface area contributed by atoms with Gasteiger partial charge in [0.15, 0.2) is 5.82 Å². The number of allylic oxidation sites excluding steroid dienone is 1. The van der Waals surface area contributed by atoms with Gasteiger partial charge in [-0.15, -0.1) is 0 Å². The van der Waals surface area contributed by atoms with E-state index in [2.05, 4.69) is 44.2 Å². The Morgan fingerprint density at radius 1 is 1.35 bits per heavy atom. The molecule has 0 spiro atoms. The monoisotopic (exact) mass is 373 g/mol. The maximum absolute atomic E-state index is 11.3. The molecular formula is C17H20ClN7O. The number of anilines is 3. The molecule has 0 saturated heterocycles. The summed E-state index contributed by atoms with van der Waals surface area (Å²) in [4.78, 5) is 19.8. The van der Waals surface area contributed by atoms with E-state index in [9.17, 15) is 4.79 Å². The van der Waals surface area contributed by atoms with Gasteiger partial charge in [-0.1, -0.05) is 30.8 Å². The smallest absolute Gasteiger partial charge is 0.247 e. The molecule has 0 unspecified atom stereocenters. The number of hydrogen-bond donors (Lipinski definition) is 3. The highest BCUT2D eigenvalue weighted by atomic mass is 35.5. The molecule has 0 atom stereocenters. The zero-order valence-corrected chi connectivity index (χ0v) is 15.1. The van der Waals surface area contributed by atoms with E-state index in [1.165, 1.54) is 12.3 Å². The molecule has 0 radical (unpaired) electrons. The number of aryl methyl sites for hydroxylation is 1. The van der Waals surface area contributed by atoms with Crippen LogP contribution in [-0.2, 0) is 11.8 Å². The van der Waals surface area contributed by atoms with Crippen molar-refractivity contribution in [3.05, 3.63) is 60.7 Å². The first-order chi connectivity index (χ1) is 12.5. The Balaban J connectivity index is 1.94. The van der Waals surface area contributed by atoms with E-state index in [4.69, 9.17) is 11.6 Å². The summed E-state index contributed by atoms with van der Waals surface area (Å²) in [5.74, 6) is 0.635. The van der Waals surface area contributed by atoms with Crippen LogP contribution in [0.1, 0.15) is 6.42 Å². The molecule has 0 aromatic carbocycles. The Labute approximate surface area is 156 Å². The van der Waals surface area contributed by atoms with Gasteiger partial charge in [-0.2, -0.15) is 10.1 Å². The predicted molar refractivity (Wildman–Crippen MR) is 103 cm³/mol. The summed E-state index contributed by atoms with van der Waals surface area (Å²) in [5, 5.41) is 13.3. The second-order valence-corrected chi connectivity index (χ2v) is 5.60. The van der Waals surface area contributed by atoms with Crippen LogP contribution in [0.25, 0.3) is 0 Å². The highest BCUT2D eigenvalue weighted by Crippen LogP contribution is 2.21. The first kappa shape index (κ1) is 19.2. The SMILES string of the molecule is C=CC(=O)N/C(C=C)=C/CCNc1nc(Nc2cnn(C)c2)ncc1Cl. The lowest BCUT2D eigenvalue weighted by Crippen LogP contribution is -2.19. The molecule has 0 saturated carbocycles. The van der Waals surface area contributed by atoms with E-state index in [0.717, 1.165) is 5.69 Å². The number of nitrogens with one attached hydrogen (secondary N) is 3. The van der Waals surface area contributed by atoms with Gasteiger partial charge in [0.2, 0.25) is 11.9 Å². The van der Waals surface area contributed by atoms with Crippen molar-refractivity contribution < 1.29 is 4.79 Å². The lowest BCUT2D eigenvalue weighted by molar-refractivity contribution is -0.115. The number of aromatic nitrogens is 4. The normalized spacial score (nSPS) is 10.9. The van der Waals surface area contributed by atoms with Crippen LogP contribution in [0.15, 0.2) is 55.7 Å². The van der Waals surface area contributed by atoms with Gasteiger partial charge >= 0.3 is 0 Å². The molecule has 0 aliphatic heterocycles. The summed E-state index contributed by atoms with van der Waals surface area (Å²) in [6.07, 6.45) is 10.2. The number of nitrogens with zero attached hydrogens (tertiary/aromatic N) is 4. The van der Waals surface area contributed by atoms with Gasteiger partial charge in [0, 0.05) is 25.5 Å². The quantitative estimate of drug-likeness (QED) is 0.355. The molecule has 0 bridgehead atoms. The maximum Gasteiger partial charge on any atom is 0.247 e. The molecule has 8 nitrogen and oxygen atoms in total. The van der Waals surface area contributed by atoms with E-state index in [0.29, 0.717) is 35.5 Å². The van der Waals surface area contributed by atoms with Crippen LogP contribution in [0.2, 0.25) is 5.02 Å². The van der Waals surface area contributed by atoms with Crippen LogP contribution in [0.3, 0.4) is 0 Å². The van der Waals surface area contributed by atoms with Crippen molar-refractivity contribution in [1.29, 1.82) is 0 Å². The highest BCUT2D eigenvalue weighted by Gasteiger charge is 2.06. The predicted octanol–water partition coefficient (Wildman–Crippen LogP) is 2.78. The van der Waals surface area contributed by atoms with Crippen LogP contribution < -0.4 is 16.0 Å². The third-order valence-corrected chi connectivity index (χ3v) is 3.46. The first-order valence-corrected chi connectivity index (χ1v) is 8.17. The van der Waals surface area contributed by atoms with E-state index in [1.807, 2.05) is 19.3 Å². The molecule has 2 heterocycles. The van der Waals surface area contributed by atoms with E-state index in [-0.39, 0.29) is 5.91 Å². The van der Waals surface area contributed by atoms with Gasteiger partial charge in [-0.25, -0.2) is 4.98 Å². The summed E-state index contributed by atoms with van der Waals surface area (Å²) < 4.78 is 1.67. The Bertz CT molecular complexity index is 828. The second-order valence-electron chi connectivity index (χ2n) is 5.19. The van der Waals surface area contributed by atoms with Gasteiger partial charge in [-0.3, -0.25) is 9.48 Å². The Kier molecular flexibility index (Phi) is 6.92. The maximum atomic E-state index is 11.3. The third kappa shape index (κ3) is 5.75. The Morgan fingerprint density at radius 3 is 2.81 bits per heavy atom. The lowest BCUT2D eigenvalue weighted by atomic mass is 10.3. The highest BCUT2D eigenvalue weighted by molar-refractivity contribution is 6.32. The average Bonchev–Trinajstić information content (AvgIpc) is 3.04. The number of hydrogen-bond acceptors (Lipinski definition) is 6. The van der Waals surface area contributed by atoms with Crippen molar-refractivity contribution in [2.24, 2.45) is 7.05 Å². The fraction of sp³-hybridized carbons (Fsp3) is 0.176. The molecule has 2 aromatic rings. The molecular weight excluding hydrogens is 354 g/mol. The number of carbonyl (C=O) groups excluding carboxylic acids is 1. The molecule has 26 heavy (non-hydrogen) atoms. The van der Waals surface area contributed by atoms with Gasteiger partial charge in [0.1, 0.15) is 5.02 Å². The van der Waals surface area contributed by atoms with Gasteiger partial charge in [0.25, 0.3) is 0 Å². The summed E-state index contributed by atoms with van der Waals surface area (Å²) in [7, 11) is 1.82. The Morgan fingerprint density at radius 2 is 2.15 bits per heavy atom. The largest absolute Gasteiger partial charge is 0.368 e. The van der Waals surface area contributed by atoms with Crippen molar-refractivity contribution >= 4 is 35.0 Å². The molecule has 0 fully saturated rings. The van der Waals surface area contributed by atoms with Gasteiger partial charge in [-0.05, 0) is 18.6 Å². The van der Waals surface area contributed by atoms with Crippen molar-refractivity contribution in [2.45, 2.75) is 6.42 Å². The molecule has 2 aromatic heterocycles. The summed E-state index contributed by atoms with van der Waals surface area (Å²) in [5.41, 5.74) is 1.39. The second kappa shape index (κ2) is 9.38. The van der Waals surface area contributed by atoms with Crippen molar-refractivity contribution in [1.82, 2.24) is 25.1 Å². The van der Waals surface area contributed by atoms with Crippen LogP contribution in [0, 0.1) is 0 Å². The standard InChI is InChI=1S/C17H20ClN7O/c1-4-12(22-15(26)5-2)7-6-8-19-16-14(18)10-20-17(24-16)23-13-9-21-25(3)11-13/h4-5,7,9-11H,1-2,6,8H2,3H3,(H,22,26)(H2,19,20,23,24)/b12-7+. The molecule has 3 N–H and O–H groups in total. The number of amides is 1. The topological polar surface area (TPSA) is 96.8 Å². The number of rotatable bonds is 9. The van der Waals surface area contributed by atoms with Crippen molar-refractivity contribution in [3.8, 4) is 0 Å². The van der Waals surface area contributed by atoms with Gasteiger partial charge in [0.05, 0.1) is 18.1 Å². The fourth-order valence-electron chi connectivity index (χ4n) is 1.96. The van der Waals surface area contributed by atoms with E-state index < -0.39 is 0 Å². The molecule has 9 heteroatoms. The minimum atomic E-state index is -0.283. The number of carbonyl (C=O) groups is 1. The summed E-state index contributed by atoms with van der Waals surface area (Å²) >= 11 is 6.13. The molecule has 2 rings (SSSR count). The zero-order valence-electron chi connectivity index (χ0n) is 14.4. The molecule has 1 amide bonds. The fourth-order valence-corrected chi connectivity index (χ4v) is 2.12. The summed E-state index contributed by atoms with van der Waals surface area (Å²) in [6, 6.07) is 0. The van der Waals surface area contributed by atoms with Crippen LogP contribution in [-0.4, -0.2) is 32.2 Å². The lowest BCUT2D eigenvalue weighted by Gasteiger charge is -2.09. The van der Waals surface area contributed by atoms with E-state index >= 15 is 0 Å². The zero-order chi connectivity index (χ0) is 18.9. The molecule has 0 aliphatic carbocycles. The van der Waals surface area contributed by atoms with Crippen molar-refractivity contribution in [3.63, 3.8) is 0 Å². The van der Waals surface area contributed by atoms with Crippen LogP contribution in [0.4, 0.5) is 17.5 Å². The first-order valence-electron chi connectivity index (χ1n) is 7.80. The van der Waals surface area contributed by atoms with E-state index in [1.54, 1.807) is 17.0 Å². The van der Waals surface area contributed by atoms with Crippen LogP contribution >= 0.6 is 11.6 Å². The van der Waals surface area contributed by atoms with Gasteiger partial charge < -0.3 is 16.0 Å². The van der Waals surface area contributed by atoms with Crippen molar-refractivity contribution in [2.75, 3.05) is 17.2 Å². The number of halogens is 1. The minimum absolute atomic E-state index is 0.283. The molecule has 136 valence electrons. The minimum Gasteiger partial charge on any atom is -0.368 e. The summed E-state index contributed by atoms with van der Waals surface area (Å²) in [6.45, 7) is 7.63. The van der Waals surface area contributed by atoms with Crippen LogP contribution in [0.5, 0.6) is 0 Å². The Hall–Kier alpha value is -3.13.